The molecule has 3 rings (SSSR count). The van der Waals surface area contributed by atoms with Gasteiger partial charge in [-0.25, -0.2) is 9.78 Å². The summed E-state index contributed by atoms with van der Waals surface area (Å²) in [6, 6.07) is 4.47. The van der Waals surface area contributed by atoms with Gasteiger partial charge in [0.05, 0.1) is 5.56 Å². The number of amides is 1. The molecule has 2 aromatic rings. The van der Waals surface area contributed by atoms with Crippen molar-refractivity contribution in [2.75, 3.05) is 13.1 Å². The van der Waals surface area contributed by atoms with E-state index in [0.717, 1.165) is 12.8 Å². The highest BCUT2D eigenvalue weighted by atomic mass is 16.5. The normalized spacial score (nSPS) is 15.4. The summed E-state index contributed by atoms with van der Waals surface area (Å²) in [6.45, 7) is 2.99. The van der Waals surface area contributed by atoms with Crippen LogP contribution in [-0.4, -0.2) is 40.0 Å². The summed E-state index contributed by atoms with van der Waals surface area (Å²) in [5.41, 5.74) is -0.0794. The number of aryl methyl sites for hydroxylation is 1. The fourth-order valence-electron chi connectivity index (χ4n) is 2.51. The van der Waals surface area contributed by atoms with E-state index in [2.05, 4.69) is 9.97 Å². The van der Waals surface area contributed by atoms with Gasteiger partial charge in [0.25, 0.3) is 5.91 Å². The quantitative estimate of drug-likeness (QED) is 0.851. The zero-order valence-electron chi connectivity index (χ0n) is 12.8. The Labute approximate surface area is 132 Å². The maximum Gasteiger partial charge on any atom is 0.335 e. The maximum absolute atomic E-state index is 12.3. The van der Waals surface area contributed by atoms with Gasteiger partial charge in [0.1, 0.15) is 18.2 Å². The summed E-state index contributed by atoms with van der Waals surface area (Å²) < 4.78 is 10.6. The molecule has 0 N–H and O–H groups in total. The highest BCUT2D eigenvalue weighted by Gasteiger charge is 2.25. The third kappa shape index (κ3) is 3.74. The van der Waals surface area contributed by atoms with Crippen LogP contribution in [0.15, 0.2) is 39.9 Å². The molecule has 7 heteroatoms. The molecule has 0 atom stereocenters. The van der Waals surface area contributed by atoms with Gasteiger partial charge in [-0.3, -0.25) is 4.79 Å². The number of rotatable bonds is 3. The van der Waals surface area contributed by atoms with Crippen LogP contribution in [0.5, 0.6) is 5.88 Å². The Morgan fingerprint density at radius 1 is 1.30 bits per heavy atom. The van der Waals surface area contributed by atoms with Crippen molar-refractivity contribution in [1.82, 2.24) is 14.9 Å². The van der Waals surface area contributed by atoms with Gasteiger partial charge in [-0.1, -0.05) is 0 Å². The van der Waals surface area contributed by atoms with Gasteiger partial charge in [-0.15, -0.1) is 0 Å². The lowest BCUT2D eigenvalue weighted by atomic mass is 10.1. The van der Waals surface area contributed by atoms with Crippen molar-refractivity contribution in [3.63, 3.8) is 0 Å². The first-order valence-corrected chi connectivity index (χ1v) is 7.46. The summed E-state index contributed by atoms with van der Waals surface area (Å²) in [4.78, 5) is 33.3. The van der Waals surface area contributed by atoms with Crippen molar-refractivity contribution in [3.05, 3.63) is 52.5 Å². The van der Waals surface area contributed by atoms with Crippen molar-refractivity contribution >= 4 is 5.91 Å². The fraction of sp³-hybridized carbons (Fsp3) is 0.375. The predicted molar refractivity (Wildman–Crippen MR) is 81.3 cm³/mol. The highest BCUT2D eigenvalue weighted by Crippen LogP contribution is 2.18. The number of carbonyl (C=O) groups excluding carboxylic acids is 1. The molecule has 120 valence electrons. The zero-order valence-corrected chi connectivity index (χ0v) is 12.8. The molecule has 1 fully saturated rings. The minimum absolute atomic E-state index is 0.0297. The van der Waals surface area contributed by atoms with Crippen molar-refractivity contribution in [2.24, 2.45) is 0 Å². The molecule has 1 aliphatic heterocycles. The minimum Gasteiger partial charge on any atom is -0.474 e. The number of hydrogen-bond acceptors (Lipinski definition) is 6. The Hall–Kier alpha value is -2.70. The molecular weight excluding hydrogens is 298 g/mol. The number of piperidine rings is 1. The molecular formula is C16H17N3O4. The fourth-order valence-corrected chi connectivity index (χ4v) is 2.51. The van der Waals surface area contributed by atoms with Crippen LogP contribution < -0.4 is 10.4 Å². The molecule has 0 unspecified atom stereocenters. The SMILES string of the molecule is Cc1nccc(OC2CCN(C(=O)c3ccc(=O)oc3)CC2)n1. The first-order chi connectivity index (χ1) is 11.1. The molecule has 2 aromatic heterocycles. The van der Waals surface area contributed by atoms with Gasteiger partial charge in [0, 0.05) is 44.3 Å². The van der Waals surface area contributed by atoms with E-state index in [1.165, 1.54) is 18.4 Å². The van der Waals surface area contributed by atoms with Crippen molar-refractivity contribution in [2.45, 2.75) is 25.9 Å². The van der Waals surface area contributed by atoms with Crippen molar-refractivity contribution in [3.8, 4) is 5.88 Å². The van der Waals surface area contributed by atoms with E-state index in [-0.39, 0.29) is 12.0 Å². The highest BCUT2D eigenvalue weighted by molar-refractivity contribution is 5.93. The van der Waals surface area contributed by atoms with E-state index in [1.54, 1.807) is 17.2 Å². The van der Waals surface area contributed by atoms with Crippen molar-refractivity contribution < 1.29 is 13.9 Å². The number of ether oxygens (including phenoxy) is 1. The van der Waals surface area contributed by atoms with E-state index < -0.39 is 5.63 Å². The number of aromatic nitrogens is 2. The lowest BCUT2D eigenvalue weighted by molar-refractivity contribution is 0.0585. The third-order valence-corrected chi connectivity index (χ3v) is 3.72. The van der Waals surface area contributed by atoms with Crippen LogP contribution in [0.4, 0.5) is 0 Å². The van der Waals surface area contributed by atoms with E-state index >= 15 is 0 Å². The summed E-state index contributed by atoms with van der Waals surface area (Å²) in [5, 5.41) is 0. The number of nitrogens with zero attached hydrogens (tertiary/aromatic N) is 3. The lowest BCUT2D eigenvalue weighted by Gasteiger charge is -2.31. The Bertz CT molecular complexity index is 730. The average molecular weight is 315 g/mol. The molecule has 0 aromatic carbocycles. The lowest BCUT2D eigenvalue weighted by Crippen LogP contribution is -2.41. The topological polar surface area (TPSA) is 85.5 Å². The molecule has 23 heavy (non-hydrogen) atoms. The molecule has 1 amide bonds. The Morgan fingerprint density at radius 3 is 2.74 bits per heavy atom. The molecule has 1 saturated heterocycles. The smallest absolute Gasteiger partial charge is 0.335 e. The van der Waals surface area contributed by atoms with Crippen molar-refractivity contribution in [1.29, 1.82) is 0 Å². The van der Waals surface area contributed by atoms with Gasteiger partial charge >= 0.3 is 5.63 Å². The number of hydrogen-bond donors (Lipinski definition) is 0. The second-order valence-electron chi connectivity index (χ2n) is 5.39. The molecule has 0 radical (unpaired) electrons. The third-order valence-electron chi connectivity index (χ3n) is 3.72. The molecule has 0 aliphatic carbocycles. The van der Waals surface area contributed by atoms with Gasteiger partial charge in [-0.2, -0.15) is 4.98 Å². The Balaban J connectivity index is 1.56. The van der Waals surface area contributed by atoms with Gasteiger partial charge in [0.15, 0.2) is 0 Å². The summed E-state index contributed by atoms with van der Waals surface area (Å²) in [6.07, 6.45) is 4.36. The number of carbonyl (C=O) groups is 1. The minimum atomic E-state index is -0.464. The Morgan fingerprint density at radius 2 is 2.09 bits per heavy atom. The second kappa shape index (κ2) is 6.60. The molecule has 0 bridgehead atoms. The molecule has 7 nitrogen and oxygen atoms in total. The first kappa shape index (κ1) is 15.2. The molecule has 1 aliphatic rings. The van der Waals surface area contributed by atoms with Crippen LogP contribution in [0, 0.1) is 6.92 Å². The van der Waals surface area contributed by atoms with Crippen LogP contribution >= 0.6 is 0 Å². The van der Waals surface area contributed by atoms with Gasteiger partial charge < -0.3 is 14.1 Å². The van der Waals surface area contributed by atoms with Crippen LogP contribution in [0.25, 0.3) is 0 Å². The predicted octanol–water partition coefficient (Wildman–Crippen LogP) is 1.42. The van der Waals surface area contributed by atoms with Gasteiger partial charge in [-0.05, 0) is 13.0 Å². The van der Waals surface area contributed by atoms with Gasteiger partial charge in [0.2, 0.25) is 5.88 Å². The van der Waals surface area contributed by atoms with E-state index in [0.29, 0.717) is 30.4 Å². The standard InChI is InChI=1S/C16H17N3O4/c1-11-17-7-4-14(18-11)23-13-5-8-19(9-6-13)16(21)12-2-3-15(20)22-10-12/h2-4,7,10,13H,5-6,8-9H2,1H3. The summed E-state index contributed by atoms with van der Waals surface area (Å²) in [7, 11) is 0. The Kier molecular flexibility index (Phi) is 4.36. The summed E-state index contributed by atoms with van der Waals surface area (Å²) in [5.74, 6) is 1.10. The van der Waals surface area contributed by atoms with Crippen LogP contribution in [0.3, 0.4) is 0 Å². The largest absolute Gasteiger partial charge is 0.474 e. The zero-order chi connectivity index (χ0) is 16.2. The maximum atomic E-state index is 12.3. The molecule has 0 spiro atoms. The molecule has 3 heterocycles. The van der Waals surface area contributed by atoms with E-state index in [9.17, 15) is 9.59 Å². The summed E-state index contributed by atoms with van der Waals surface area (Å²) >= 11 is 0. The first-order valence-electron chi connectivity index (χ1n) is 7.46. The average Bonchev–Trinajstić information content (AvgIpc) is 2.56. The van der Waals surface area contributed by atoms with E-state index in [1.807, 2.05) is 6.92 Å². The molecule has 0 saturated carbocycles. The van der Waals surface area contributed by atoms with Crippen LogP contribution in [0.2, 0.25) is 0 Å². The van der Waals surface area contributed by atoms with E-state index in [4.69, 9.17) is 9.15 Å². The number of likely N-dealkylation sites (tertiary alicyclic amines) is 1. The van der Waals surface area contributed by atoms with Crippen LogP contribution in [-0.2, 0) is 0 Å². The monoisotopic (exact) mass is 315 g/mol. The van der Waals surface area contributed by atoms with Crippen LogP contribution in [0.1, 0.15) is 29.0 Å². The second-order valence-corrected chi connectivity index (χ2v) is 5.39.